The summed E-state index contributed by atoms with van der Waals surface area (Å²) < 4.78 is 5.40. The third kappa shape index (κ3) is 4.92. The molecule has 2 fully saturated rings. The second kappa shape index (κ2) is 8.63. The maximum Gasteiger partial charge on any atom is 0.255 e. The molecule has 1 N–H and O–H groups in total. The summed E-state index contributed by atoms with van der Waals surface area (Å²) in [4.78, 5) is 21.7. The van der Waals surface area contributed by atoms with E-state index in [0.717, 1.165) is 50.4 Å². The second-order valence-corrected chi connectivity index (χ2v) is 7.44. The third-order valence-corrected chi connectivity index (χ3v) is 5.00. The number of carbonyl (C=O) groups excluding carboxylic acids is 1. The largest absolute Gasteiger partial charge is 0.378 e. The van der Waals surface area contributed by atoms with Gasteiger partial charge in [-0.3, -0.25) is 4.79 Å². The number of nitrogens with zero attached hydrogens (tertiary/aromatic N) is 3. The normalized spacial score (nSPS) is 25.0. The summed E-state index contributed by atoms with van der Waals surface area (Å²) in [5.41, 5.74) is 0.657. The van der Waals surface area contributed by atoms with Crippen LogP contribution in [0.5, 0.6) is 0 Å². The summed E-state index contributed by atoms with van der Waals surface area (Å²) in [6, 6.07) is 3.69. The Labute approximate surface area is 150 Å². The average Bonchev–Trinajstić information content (AvgIpc) is 2.61. The van der Waals surface area contributed by atoms with E-state index in [2.05, 4.69) is 33.9 Å². The van der Waals surface area contributed by atoms with Crippen LogP contribution in [0.4, 0.5) is 5.82 Å². The smallest absolute Gasteiger partial charge is 0.255 e. The molecular weight excluding hydrogens is 316 g/mol. The van der Waals surface area contributed by atoms with Gasteiger partial charge in [-0.1, -0.05) is 13.8 Å². The van der Waals surface area contributed by atoms with Crippen LogP contribution < -0.4 is 10.2 Å². The summed E-state index contributed by atoms with van der Waals surface area (Å²) in [7, 11) is 0. The number of amides is 1. The van der Waals surface area contributed by atoms with Crippen LogP contribution in [0.1, 0.15) is 30.6 Å². The van der Waals surface area contributed by atoms with Gasteiger partial charge >= 0.3 is 0 Å². The first kappa shape index (κ1) is 18.1. The maximum atomic E-state index is 12.7. The molecular formula is C19H30N4O2. The third-order valence-electron chi connectivity index (χ3n) is 5.00. The van der Waals surface area contributed by atoms with Gasteiger partial charge in [0, 0.05) is 45.5 Å². The number of likely N-dealkylation sites (tertiary alicyclic amines) is 1. The van der Waals surface area contributed by atoms with Crippen LogP contribution in [0, 0.1) is 11.8 Å². The maximum absolute atomic E-state index is 12.7. The van der Waals surface area contributed by atoms with Crippen molar-refractivity contribution in [2.45, 2.75) is 20.3 Å². The molecule has 25 heavy (non-hydrogen) atoms. The molecule has 6 nitrogen and oxygen atoms in total. The van der Waals surface area contributed by atoms with E-state index in [1.165, 1.54) is 6.42 Å². The Morgan fingerprint density at radius 2 is 2.00 bits per heavy atom. The number of hydrogen-bond donors (Lipinski definition) is 1. The van der Waals surface area contributed by atoms with Crippen molar-refractivity contribution in [3.8, 4) is 0 Å². The van der Waals surface area contributed by atoms with E-state index in [4.69, 9.17) is 4.74 Å². The van der Waals surface area contributed by atoms with Crippen molar-refractivity contribution in [1.29, 1.82) is 0 Å². The minimum absolute atomic E-state index is 0.0345. The molecule has 0 aromatic carbocycles. The molecule has 2 atom stereocenters. The zero-order valence-electron chi connectivity index (χ0n) is 15.4. The van der Waals surface area contributed by atoms with E-state index in [9.17, 15) is 4.79 Å². The highest BCUT2D eigenvalue weighted by molar-refractivity contribution is 5.98. The highest BCUT2D eigenvalue weighted by Gasteiger charge is 2.22. The Kier molecular flexibility index (Phi) is 6.26. The summed E-state index contributed by atoms with van der Waals surface area (Å²) in [5.74, 6) is 2.22. The standard InChI is InChI=1S/C19H30N4O2/c1-15-12-16(2)14-22(13-15)7-6-21-19(24)17-4-3-5-20-18(17)23-8-10-25-11-9-23/h3-5,15-16H,6-14H2,1-2H3,(H,21,24). The number of hydrogen-bond acceptors (Lipinski definition) is 5. The zero-order valence-corrected chi connectivity index (χ0v) is 15.4. The molecule has 1 aromatic rings. The lowest BCUT2D eigenvalue weighted by Gasteiger charge is -2.35. The van der Waals surface area contributed by atoms with Crippen molar-refractivity contribution in [2.24, 2.45) is 11.8 Å². The van der Waals surface area contributed by atoms with E-state index in [1.54, 1.807) is 6.20 Å². The predicted molar refractivity (Wildman–Crippen MR) is 99.0 cm³/mol. The molecule has 1 amide bonds. The lowest BCUT2D eigenvalue weighted by molar-refractivity contribution is 0.0935. The fourth-order valence-corrected chi connectivity index (χ4v) is 4.00. The van der Waals surface area contributed by atoms with Crippen molar-refractivity contribution in [3.63, 3.8) is 0 Å². The molecule has 1 aromatic heterocycles. The minimum Gasteiger partial charge on any atom is -0.378 e. The van der Waals surface area contributed by atoms with Crippen molar-refractivity contribution in [2.75, 3.05) is 57.4 Å². The molecule has 138 valence electrons. The Hall–Kier alpha value is -1.66. The van der Waals surface area contributed by atoms with Gasteiger partial charge in [0.25, 0.3) is 5.91 Å². The minimum atomic E-state index is -0.0345. The number of nitrogens with one attached hydrogen (secondary N) is 1. The molecule has 6 heteroatoms. The second-order valence-electron chi connectivity index (χ2n) is 7.44. The number of morpholine rings is 1. The summed E-state index contributed by atoms with van der Waals surface area (Å²) in [6.07, 6.45) is 3.06. The van der Waals surface area contributed by atoms with Crippen molar-refractivity contribution >= 4 is 11.7 Å². The summed E-state index contributed by atoms with van der Waals surface area (Å²) in [6.45, 7) is 11.4. The predicted octanol–water partition coefficient (Wildman–Crippen LogP) is 1.63. The van der Waals surface area contributed by atoms with Gasteiger partial charge in [-0.2, -0.15) is 0 Å². The van der Waals surface area contributed by atoms with Crippen molar-refractivity contribution in [3.05, 3.63) is 23.9 Å². The van der Waals surface area contributed by atoms with Crippen LogP contribution in [-0.2, 0) is 4.74 Å². The first-order valence-electron chi connectivity index (χ1n) is 9.41. The Morgan fingerprint density at radius 3 is 2.72 bits per heavy atom. The Bertz CT molecular complexity index is 564. The lowest BCUT2D eigenvalue weighted by Crippen LogP contribution is -2.43. The van der Waals surface area contributed by atoms with E-state index in [0.29, 0.717) is 25.3 Å². The number of carbonyl (C=O) groups is 1. The molecule has 0 aliphatic carbocycles. The quantitative estimate of drug-likeness (QED) is 0.878. The number of ether oxygens (including phenoxy) is 1. The average molecular weight is 346 g/mol. The molecule has 0 saturated carbocycles. The molecule has 0 radical (unpaired) electrons. The first-order chi connectivity index (χ1) is 12.1. The lowest BCUT2D eigenvalue weighted by atomic mass is 9.92. The number of aromatic nitrogens is 1. The Balaban J connectivity index is 1.54. The SMILES string of the molecule is CC1CC(C)CN(CCNC(=O)c2cccnc2N2CCOCC2)C1. The van der Waals surface area contributed by atoms with Gasteiger partial charge in [0.15, 0.2) is 0 Å². The van der Waals surface area contributed by atoms with Crippen LogP contribution in [-0.4, -0.2) is 68.3 Å². The highest BCUT2D eigenvalue weighted by atomic mass is 16.5. The number of anilines is 1. The van der Waals surface area contributed by atoms with Crippen LogP contribution in [0.25, 0.3) is 0 Å². The highest BCUT2D eigenvalue weighted by Crippen LogP contribution is 2.21. The van der Waals surface area contributed by atoms with Gasteiger partial charge in [-0.25, -0.2) is 4.98 Å². The fourth-order valence-electron chi connectivity index (χ4n) is 4.00. The van der Waals surface area contributed by atoms with Gasteiger partial charge < -0.3 is 19.9 Å². The van der Waals surface area contributed by atoms with E-state index in [1.807, 2.05) is 12.1 Å². The van der Waals surface area contributed by atoms with Gasteiger partial charge in [-0.15, -0.1) is 0 Å². The number of piperidine rings is 1. The van der Waals surface area contributed by atoms with Crippen molar-refractivity contribution in [1.82, 2.24) is 15.2 Å². The molecule has 2 saturated heterocycles. The molecule has 0 bridgehead atoms. The zero-order chi connectivity index (χ0) is 17.6. The van der Waals surface area contributed by atoms with Gasteiger partial charge in [0.1, 0.15) is 5.82 Å². The van der Waals surface area contributed by atoms with Gasteiger partial charge in [0.05, 0.1) is 18.8 Å². The topological polar surface area (TPSA) is 57.7 Å². The van der Waals surface area contributed by atoms with Crippen LogP contribution in [0.3, 0.4) is 0 Å². The van der Waals surface area contributed by atoms with E-state index >= 15 is 0 Å². The van der Waals surface area contributed by atoms with Crippen LogP contribution >= 0.6 is 0 Å². The molecule has 3 rings (SSSR count). The monoisotopic (exact) mass is 346 g/mol. The van der Waals surface area contributed by atoms with Gasteiger partial charge in [-0.05, 0) is 30.4 Å². The van der Waals surface area contributed by atoms with Gasteiger partial charge in [0.2, 0.25) is 0 Å². The van der Waals surface area contributed by atoms with E-state index < -0.39 is 0 Å². The molecule has 3 heterocycles. The van der Waals surface area contributed by atoms with Crippen molar-refractivity contribution < 1.29 is 9.53 Å². The van der Waals surface area contributed by atoms with Crippen LogP contribution in [0.15, 0.2) is 18.3 Å². The number of rotatable bonds is 5. The summed E-state index contributed by atoms with van der Waals surface area (Å²) in [5, 5.41) is 3.08. The molecule has 2 aliphatic rings. The first-order valence-corrected chi connectivity index (χ1v) is 9.41. The molecule has 2 aliphatic heterocycles. The fraction of sp³-hybridized carbons (Fsp3) is 0.684. The Morgan fingerprint density at radius 1 is 1.28 bits per heavy atom. The molecule has 2 unspecified atom stereocenters. The van der Waals surface area contributed by atoms with E-state index in [-0.39, 0.29) is 5.91 Å². The summed E-state index contributed by atoms with van der Waals surface area (Å²) >= 11 is 0. The van der Waals surface area contributed by atoms with Crippen LogP contribution in [0.2, 0.25) is 0 Å². The number of pyridine rings is 1. The molecule has 0 spiro atoms.